The first-order valence-electron chi connectivity index (χ1n) is 3.10. The third-order valence-corrected chi connectivity index (χ3v) is 0.909. The molecule has 10 heavy (non-hydrogen) atoms. The molecule has 0 saturated carbocycles. The van der Waals surface area contributed by atoms with E-state index in [1.165, 1.54) is 6.08 Å². The van der Waals surface area contributed by atoms with E-state index in [1.807, 2.05) is 6.92 Å². The molecule has 0 spiro atoms. The summed E-state index contributed by atoms with van der Waals surface area (Å²) >= 11 is 0. The van der Waals surface area contributed by atoms with E-state index in [0.29, 0.717) is 6.61 Å². The summed E-state index contributed by atoms with van der Waals surface area (Å²) in [6, 6.07) is 0. The molecule has 0 radical (unpaired) electrons. The molecular formula is C7H13NaO2. The van der Waals surface area contributed by atoms with Crippen molar-refractivity contribution in [3.8, 4) is 0 Å². The SMILES string of the molecule is C=CC(=O)OCCCC.[NaH]. The number of unbranched alkanes of at least 4 members (excludes halogenated alkanes) is 1. The topological polar surface area (TPSA) is 26.3 Å². The van der Waals surface area contributed by atoms with Crippen molar-refractivity contribution in [1.82, 2.24) is 0 Å². The third-order valence-electron chi connectivity index (χ3n) is 0.909. The molecule has 0 heterocycles. The van der Waals surface area contributed by atoms with Crippen molar-refractivity contribution in [3.05, 3.63) is 12.7 Å². The Morgan fingerprint density at radius 2 is 2.30 bits per heavy atom. The molecule has 54 valence electrons. The van der Waals surface area contributed by atoms with Gasteiger partial charge in [0.25, 0.3) is 0 Å². The summed E-state index contributed by atoms with van der Waals surface area (Å²) in [5.74, 6) is -0.330. The molecule has 0 N–H and O–H groups in total. The van der Waals surface area contributed by atoms with Crippen molar-refractivity contribution in [3.63, 3.8) is 0 Å². The number of carbonyl (C=O) groups excluding carboxylic acids is 1. The number of hydrogen-bond acceptors (Lipinski definition) is 2. The first-order valence-corrected chi connectivity index (χ1v) is 3.10. The zero-order valence-electron chi connectivity index (χ0n) is 5.72. The van der Waals surface area contributed by atoms with Crippen LogP contribution in [-0.2, 0) is 9.53 Å². The Morgan fingerprint density at radius 1 is 1.70 bits per heavy atom. The third kappa shape index (κ3) is 8.21. The number of hydrogen-bond donors (Lipinski definition) is 0. The summed E-state index contributed by atoms with van der Waals surface area (Å²) in [6.07, 6.45) is 3.15. The van der Waals surface area contributed by atoms with Crippen molar-refractivity contribution in [2.45, 2.75) is 19.8 Å². The predicted octanol–water partition coefficient (Wildman–Crippen LogP) is 0.867. The second kappa shape index (κ2) is 9.21. The van der Waals surface area contributed by atoms with Gasteiger partial charge in [0.1, 0.15) is 0 Å². The number of carbonyl (C=O) groups is 1. The molecule has 0 unspecified atom stereocenters. The Morgan fingerprint density at radius 3 is 2.70 bits per heavy atom. The summed E-state index contributed by atoms with van der Waals surface area (Å²) in [7, 11) is 0. The normalized spacial score (nSPS) is 7.70. The monoisotopic (exact) mass is 152 g/mol. The van der Waals surface area contributed by atoms with Crippen LogP contribution in [0, 0.1) is 0 Å². The van der Waals surface area contributed by atoms with Gasteiger partial charge >= 0.3 is 35.5 Å². The number of ether oxygens (including phenoxy) is 1. The average Bonchev–Trinajstić information content (AvgIpc) is 1.89. The molecule has 0 rings (SSSR count). The minimum absolute atomic E-state index is 0. The van der Waals surface area contributed by atoms with E-state index in [9.17, 15) is 4.79 Å². The van der Waals surface area contributed by atoms with Crippen LogP contribution < -0.4 is 0 Å². The van der Waals surface area contributed by atoms with Gasteiger partial charge in [-0.3, -0.25) is 0 Å². The Bertz CT molecular complexity index is 102. The second-order valence-electron chi connectivity index (χ2n) is 1.73. The Balaban J connectivity index is 0. The summed E-state index contributed by atoms with van der Waals surface area (Å²) in [5, 5.41) is 0. The van der Waals surface area contributed by atoms with Crippen LogP contribution in [0.25, 0.3) is 0 Å². The van der Waals surface area contributed by atoms with Crippen molar-refractivity contribution < 1.29 is 9.53 Å². The summed E-state index contributed by atoms with van der Waals surface area (Å²) in [5.41, 5.74) is 0. The summed E-state index contributed by atoms with van der Waals surface area (Å²) in [4.78, 5) is 10.3. The fourth-order valence-corrected chi connectivity index (χ4v) is 0.376. The minimum atomic E-state index is -0.330. The van der Waals surface area contributed by atoms with E-state index in [-0.39, 0.29) is 35.5 Å². The van der Waals surface area contributed by atoms with Crippen molar-refractivity contribution in [1.29, 1.82) is 0 Å². The van der Waals surface area contributed by atoms with Crippen LogP contribution in [-0.4, -0.2) is 42.1 Å². The molecule has 0 aliphatic heterocycles. The molecule has 0 aromatic carbocycles. The maximum atomic E-state index is 10.3. The van der Waals surface area contributed by atoms with E-state index < -0.39 is 0 Å². The van der Waals surface area contributed by atoms with Crippen LogP contribution >= 0.6 is 0 Å². The standard InChI is InChI=1S/C7H12O2.Na.H/c1-3-5-6-9-7(8)4-2;;/h4H,2-3,5-6H2,1H3;;. The zero-order chi connectivity index (χ0) is 7.11. The zero-order valence-corrected chi connectivity index (χ0v) is 5.72. The first kappa shape index (κ1) is 12.8. The van der Waals surface area contributed by atoms with Gasteiger partial charge in [-0.15, -0.1) is 0 Å². The van der Waals surface area contributed by atoms with Crippen molar-refractivity contribution >= 4 is 35.5 Å². The van der Waals surface area contributed by atoms with E-state index in [2.05, 4.69) is 11.3 Å². The van der Waals surface area contributed by atoms with Crippen LogP contribution in [0.1, 0.15) is 19.8 Å². The van der Waals surface area contributed by atoms with Gasteiger partial charge in [0.15, 0.2) is 0 Å². The molecule has 0 fully saturated rings. The van der Waals surface area contributed by atoms with Gasteiger partial charge in [-0.05, 0) is 6.42 Å². The van der Waals surface area contributed by atoms with Gasteiger partial charge in [0, 0.05) is 6.08 Å². The molecule has 0 aromatic rings. The number of rotatable bonds is 4. The van der Waals surface area contributed by atoms with Crippen LogP contribution in [0.15, 0.2) is 12.7 Å². The molecule has 0 atom stereocenters. The Hall–Kier alpha value is 0.210. The molecule has 0 saturated heterocycles. The van der Waals surface area contributed by atoms with Gasteiger partial charge in [-0.2, -0.15) is 0 Å². The van der Waals surface area contributed by atoms with Gasteiger partial charge in [-0.1, -0.05) is 19.9 Å². The van der Waals surface area contributed by atoms with Crippen LogP contribution in [0.3, 0.4) is 0 Å². The van der Waals surface area contributed by atoms with E-state index >= 15 is 0 Å². The molecule has 0 bridgehead atoms. The molecule has 0 aliphatic rings. The molecule has 0 aliphatic carbocycles. The molecule has 0 amide bonds. The van der Waals surface area contributed by atoms with Crippen LogP contribution in [0.2, 0.25) is 0 Å². The fourth-order valence-electron chi connectivity index (χ4n) is 0.376. The van der Waals surface area contributed by atoms with Crippen LogP contribution in [0.5, 0.6) is 0 Å². The van der Waals surface area contributed by atoms with Crippen molar-refractivity contribution in [2.24, 2.45) is 0 Å². The van der Waals surface area contributed by atoms with Crippen molar-refractivity contribution in [2.75, 3.05) is 6.61 Å². The van der Waals surface area contributed by atoms with E-state index in [1.54, 1.807) is 0 Å². The number of esters is 1. The van der Waals surface area contributed by atoms with Crippen LogP contribution in [0.4, 0.5) is 0 Å². The fraction of sp³-hybridized carbons (Fsp3) is 0.571. The molecule has 0 aromatic heterocycles. The molecular weight excluding hydrogens is 139 g/mol. The van der Waals surface area contributed by atoms with Gasteiger partial charge < -0.3 is 4.74 Å². The summed E-state index contributed by atoms with van der Waals surface area (Å²) in [6.45, 7) is 5.82. The molecule has 3 heteroatoms. The van der Waals surface area contributed by atoms with E-state index in [0.717, 1.165) is 12.8 Å². The second-order valence-corrected chi connectivity index (χ2v) is 1.73. The predicted molar refractivity (Wildman–Crippen MR) is 43.2 cm³/mol. The van der Waals surface area contributed by atoms with Gasteiger partial charge in [0.05, 0.1) is 6.61 Å². The van der Waals surface area contributed by atoms with Gasteiger partial charge in [0.2, 0.25) is 0 Å². The van der Waals surface area contributed by atoms with Gasteiger partial charge in [-0.25, -0.2) is 4.79 Å². The summed E-state index contributed by atoms with van der Waals surface area (Å²) < 4.78 is 4.67. The Kier molecular flexibility index (Phi) is 11.8. The molecule has 2 nitrogen and oxygen atoms in total. The average molecular weight is 152 g/mol. The quantitative estimate of drug-likeness (QED) is 0.258. The maximum absolute atomic E-state index is 10.3. The van der Waals surface area contributed by atoms with E-state index in [4.69, 9.17) is 0 Å². The Labute approximate surface area is 83.9 Å². The first-order chi connectivity index (χ1) is 4.31.